The van der Waals surface area contributed by atoms with Gasteiger partial charge in [0.2, 0.25) is 0 Å². The van der Waals surface area contributed by atoms with Crippen LogP contribution in [0.15, 0.2) is 12.1 Å². The fourth-order valence-electron chi connectivity index (χ4n) is 1.78. The highest BCUT2D eigenvalue weighted by Crippen LogP contribution is 2.22. The normalized spacial score (nSPS) is 10.0. The van der Waals surface area contributed by atoms with Gasteiger partial charge >= 0.3 is 0 Å². The van der Waals surface area contributed by atoms with E-state index in [1.807, 2.05) is 26.0 Å². The molecule has 0 amide bonds. The molecule has 17 heavy (non-hydrogen) atoms. The molecular formula is C15H21NO. The van der Waals surface area contributed by atoms with Crippen LogP contribution in [0.1, 0.15) is 49.3 Å². The third-order valence-corrected chi connectivity index (χ3v) is 2.90. The molecule has 2 heteroatoms. The Hall–Kier alpha value is -1.49. The highest BCUT2D eigenvalue weighted by molar-refractivity contribution is 5.46. The number of benzene rings is 1. The second-order valence-corrected chi connectivity index (χ2v) is 4.45. The number of aryl methyl sites for hydroxylation is 2. The maximum atomic E-state index is 8.92. The van der Waals surface area contributed by atoms with Gasteiger partial charge < -0.3 is 4.74 Å². The van der Waals surface area contributed by atoms with Crippen LogP contribution in [0.5, 0.6) is 5.75 Å². The maximum Gasteiger partial charge on any atom is 0.122 e. The van der Waals surface area contributed by atoms with E-state index in [9.17, 15) is 0 Å². The zero-order valence-corrected chi connectivity index (χ0v) is 11.0. The van der Waals surface area contributed by atoms with Crippen molar-refractivity contribution >= 4 is 0 Å². The molecule has 0 bridgehead atoms. The van der Waals surface area contributed by atoms with Crippen molar-refractivity contribution in [1.29, 1.82) is 5.26 Å². The van der Waals surface area contributed by atoms with E-state index in [2.05, 4.69) is 13.0 Å². The van der Waals surface area contributed by atoms with Gasteiger partial charge in [0.1, 0.15) is 5.75 Å². The van der Waals surface area contributed by atoms with Crippen molar-refractivity contribution in [1.82, 2.24) is 0 Å². The molecule has 1 aromatic carbocycles. The van der Waals surface area contributed by atoms with Crippen molar-refractivity contribution in [3.05, 3.63) is 28.8 Å². The third kappa shape index (κ3) is 4.11. The molecule has 0 heterocycles. The lowest BCUT2D eigenvalue weighted by Gasteiger charge is -2.10. The van der Waals surface area contributed by atoms with Gasteiger partial charge in [-0.2, -0.15) is 5.26 Å². The predicted molar refractivity (Wildman–Crippen MR) is 70.3 cm³/mol. The largest absolute Gasteiger partial charge is 0.493 e. The minimum atomic E-state index is 0.737. The van der Waals surface area contributed by atoms with Crippen molar-refractivity contribution in [3.8, 4) is 11.8 Å². The zero-order valence-electron chi connectivity index (χ0n) is 11.0. The van der Waals surface area contributed by atoms with Crippen molar-refractivity contribution in [2.75, 3.05) is 6.61 Å². The van der Waals surface area contributed by atoms with E-state index in [1.165, 1.54) is 19.3 Å². The molecule has 92 valence electrons. The molecule has 0 aliphatic heterocycles. The molecule has 0 saturated carbocycles. The van der Waals surface area contributed by atoms with Crippen LogP contribution in [0.4, 0.5) is 0 Å². The number of unbranched alkanes of at least 4 members (excludes halogenated alkanes) is 3. The summed E-state index contributed by atoms with van der Waals surface area (Å²) in [4.78, 5) is 0. The van der Waals surface area contributed by atoms with Gasteiger partial charge in [-0.15, -0.1) is 0 Å². The lowest BCUT2D eigenvalue weighted by Crippen LogP contribution is -2.00. The van der Waals surface area contributed by atoms with E-state index in [4.69, 9.17) is 10.00 Å². The van der Waals surface area contributed by atoms with E-state index in [1.54, 1.807) is 0 Å². The van der Waals surface area contributed by atoms with Gasteiger partial charge in [0.25, 0.3) is 0 Å². The number of hydrogen-bond acceptors (Lipinski definition) is 2. The SMILES string of the molecule is CCCCCCOc1cc(C)c(C#N)cc1C. The first kappa shape index (κ1) is 13.6. The molecule has 0 radical (unpaired) electrons. The molecule has 0 N–H and O–H groups in total. The van der Waals surface area contributed by atoms with Crippen LogP contribution in [0.3, 0.4) is 0 Å². The first-order valence-corrected chi connectivity index (χ1v) is 6.33. The molecule has 1 rings (SSSR count). The Balaban J connectivity index is 2.54. The van der Waals surface area contributed by atoms with Gasteiger partial charge in [-0.25, -0.2) is 0 Å². The summed E-state index contributed by atoms with van der Waals surface area (Å²) in [5.74, 6) is 0.915. The van der Waals surface area contributed by atoms with Crippen molar-refractivity contribution in [2.24, 2.45) is 0 Å². The second kappa shape index (κ2) is 6.96. The lowest BCUT2D eigenvalue weighted by molar-refractivity contribution is 0.303. The number of ether oxygens (including phenoxy) is 1. The minimum Gasteiger partial charge on any atom is -0.493 e. The Morgan fingerprint density at radius 2 is 1.88 bits per heavy atom. The molecule has 0 unspecified atom stereocenters. The van der Waals surface area contributed by atoms with E-state index in [0.29, 0.717) is 0 Å². The summed E-state index contributed by atoms with van der Waals surface area (Å²) in [6.07, 6.45) is 4.85. The highest BCUT2D eigenvalue weighted by atomic mass is 16.5. The van der Waals surface area contributed by atoms with Gasteiger partial charge in [-0.05, 0) is 43.5 Å². The van der Waals surface area contributed by atoms with Crippen LogP contribution in [-0.4, -0.2) is 6.61 Å². The van der Waals surface area contributed by atoms with Gasteiger partial charge in [-0.1, -0.05) is 26.2 Å². The number of rotatable bonds is 6. The molecule has 0 fully saturated rings. The monoisotopic (exact) mass is 231 g/mol. The van der Waals surface area contributed by atoms with E-state index < -0.39 is 0 Å². The van der Waals surface area contributed by atoms with Crippen LogP contribution < -0.4 is 4.74 Å². The number of nitrogens with zero attached hydrogens (tertiary/aromatic N) is 1. The summed E-state index contributed by atoms with van der Waals surface area (Å²) in [5, 5.41) is 8.92. The molecule has 0 aliphatic carbocycles. The molecule has 0 aliphatic rings. The smallest absolute Gasteiger partial charge is 0.122 e. The Morgan fingerprint density at radius 3 is 2.53 bits per heavy atom. The van der Waals surface area contributed by atoms with Crippen LogP contribution in [0.2, 0.25) is 0 Å². The van der Waals surface area contributed by atoms with Gasteiger partial charge in [0.15, 0.2) is 0 Å². The fraction of sp³-hybridized carbons (Fsp3) is 0.533. The average molecular weight is 231 g/mol. The Labute approximate surface area is 104 Å². The first-order valence-electron chi connectivity index (χ1n) is 6.33. The van der Waals surface area contributed by atoms with Crippen LogP contribution in [0, 0.1) is 25.2 Å². The van der Waals surface area contributed by atoms with Crippen molar-refractivity contribution < 1.29 is 4.74 Å². The summed E-state index contributed by atoms with van der Waals surface area (Å²) in [6.45, 7) is 6.91. The molecule has 0 aromatic heterocycles. The molecule has 0 atom stereocenters. The highest BCUT2D eigenvalue weighted by Gasteiger charge is 2.04. The van der Waals surface area contributed by atoms with Gasteiger partial charge in [0.05, 0.1) is 18.2 Å². The van der Waals surface area contributed by atoms with E-state index in [0.717, 1.165) is 35.5 Å². The third-order valence-electron chi connectivity index (χ3n) is 2.90. The molecular weight excluding hydrogens is 210 g/mol. The molecule has 0 spiro atoms. The Morgan fingerprint density at radius 1 is 1.12 bits per heavy atom. The van der Waals surface area contributed by atoms with Crippen molar-refractivity contribution in [2.45, 2.75) is 46.5 Å². The van der Waals surface area contributed by atoms with Crippen LogP contribution in [0.25, 0.3) is 0 Å². The fourth-order valence-corrected chi connectivity index (χ4v) is 1.78. The van der Waals surface area contributed by atoms with E-state index >= 15 is 0 Å². The van der Waals surface area contributed by atoms with Crippen LogP contribution in [-0.2, 0) is 0 Å². The maximum absolute atomic E-state index is 8.92. The molecule has 0 saturated heterocycles. The number of nitriles is 1. The standard InChI is InChI=1S/C15H21NO/c1-4-5-6-7-8-17-15-10-12(2)14(11-16)9-13(15)3/h9-10H,4-8H2,1-3H3. The zero-order chi connectivity index (χ0) is 12.7. The molecule has 2 nitrogen and oxygen atoms in total. The lowest BCUT2D eigenvalue weighted by atomic mass is 10.1. The molecule has 1 aromatic rings. The summed E-state index contributed by atoms with van der Waals surface area (Å²) < 4.78 is 5.75. The second-order valence-electron chi connectivity index (χ2n) is 4.45. The topological polar surface area (TPSA) is 33.0 Å². The quantitative estimate of drug-likeness (QED) is 0.689. The summed E-state index contributed by atoms with van der Waals surface area (Å²) in [7, 11) is 0. The summed E-state index contributed by atoms with van der Waals surface area (Å²) in [5.41, 5.74) is 2.77. The Bertz CT molecular complexity index is 404. The number of hydrogen-bond donors (Lipinski definition) is 0. The Kier molecular flexibility index (Phi) is 5.56. The summed E-state index contributed by atoms with van der Waals surface area (Å²) >= 11 is 0. The van der Waals surface area contributed by atoms with E-state index in [-0.39, 0.29) is 0 Å². The predicted octanol–water partition coefficient (Wildman–Crippen LogP) is 4.13. The average Bonchev–Trinajstić information content (AvgIpc) is 2.32. The minimum absolute atomic E-state index is 0.737. The van der Waals surface area contributed by atoms with Gasteiger partial charge in [-0.3, -0.25) is 0 Å². The van der Waals surface area contributed by atoms with Crippen molar-refractivity contribution in [3.63, 3.8) is 0 Å². The first-order chi connectivity index (χ1) is 8.19. The van der Waals surface area contributed by atoms with Crippen LogP contribution >= 0.6 is 0 Å². The summed E-state index contributed by atoms with van der Waals surface area (Å²) in [6, 6.07) is 6.06. The van der Waals surface area contributed by atoms with Gasteiger partial charge in [0, 0.05) is 0 Å².